The van der Waals surface area contributed by atoms with E-state index in [2.05, 4.69) is 0 Å². The molecule has 0 N–H and O–H groups in total. The number of rotatable bonds is 3. The fourth-order valence-electron chi connectivity index (χ4n) is 1.50. The molecule has 96 valence electrons. The molecule has 0 atom stereocenters. The van der Waals surface area contributed by atoms with Crippen molar-refractivity contribution < 1.29 is 9.13 Å². The Morgan fingerprint density at radius 1 is 1.21 bits per heavy atom. The van der Waals surface area contributed by atoms with Crippen LogP contribution in [0.5, 0.6) is 5.75 Å². The molecule has 0 fully saturated rings. The Hall–Kier alpha value is -1.76. The molecular weight excluding hydrogens is 288 g/mol. The summed E-state index contributed by atoms with van der Waals surface area (Å²) in [7, 11) is 0. The zero-order chi connectivity index (χ0) is 13.8. The van der Waals surface area contributed by atoms with Crippen LogP contribution in [0.1, 0.15) is 11.1 Å². The molecule has 2 aromatic rings. The van der Waals surface area contributed by atoms with Crippen LogP contribution in [-0.2, 0) is 6.61 Å². The zero-order valence-electron chi connectivity index (χ0n) is 9.66. The minimum Gasteiger partial charge on any atom is -0.489 e. The summed E-state index contributed by atoms with van der Waals surface area (Å²) in [6.45, 7) is 0.171. The topological polar surface area (TPSA) is 33.0 Å². The lowest BCUT2D eigenvalue weighted by molar-refractivity contribution is 0.304. The van der Waals surface area contributed by atoms with E-state index in [9.17, 15) is 4.39 Å². The first-order valence-electron chi connectivity index (χ1n) is 5.37. The summed E-state index contributed by atoms with van der Waals surface area (Å²) in [4.78, 5) is 0. The monoisotopic (exact) mass is 295 g/mol. The van der Waals surface area contributed by atoms with Crippen molar-refractivity contribution in [3.63, 3.8) is 0 Å². The van der Waals surface area contributed by atoms with Crippen LogP contribution in [0.4, 0.5) is 4.39 Å². The molecule has 2 rings (SSSR count). The van der Waals surface area contributed by atoms with Crippen molar-refractivity contribution in [3.05, 3.63) is 63.4 Å². The van der Waals surface area contributed by atoms with Crippen LogP contribution in [0.15, 0.2) is 36.4 Å². The highest BCUT2D eigenvalue weighted by Gasteiger charge is 2.07. The van der Waals surface area contributed by atoms with E-state index in [1.165, 1.54) is 12.1 Å². The Morgan fingerprint density at radius 3 is 2.68 bits per heavy atom. The van der Waals surface area contributed by atoms with Gasteiger partial charge in [-0.25, -0.2) is 4.39 Å². The fraction of sp³-hybridized carbons (Fsp3) is 0.0714. The highest BCUT2D eigenvalue weighted by atomic mass is 35.5. The maximum atomic E-state index is 13.4. The standard InChI is InChI=1S/C14H8Cl2FNO/c15-12-3-1-2-10(14(12)16)8-19-11-5-4-9(7-18)13(17)6-11/h1-6H,8H2. The van der Waals surface area contributed by atoms with E-state index in [0.717, 1.165) is 6.07 Å². The van der Waals surface area contributed by atoms with Crippen molar-refractivity contribution in [2.24, 2.45) is 0 Å². The van der Waals surface area contributed by atoms with Crippen LogP contribution in [0.3, 0.4) is 0 Å². The van der Waals surface area contributed by atoms with Gasteiger partial charge in [-0.1, -0.05) is 35.3 Å². The average molecular weight is 296 g/mol. The average Bonchev–Trinajstić information content (AvgIpc) is 2.40. The normalized spacial score (nSPS) is 10.0. The predicted molar refractivity (Wildman–Crippen MR) is 71.9 cm³/mol. The van der Waals surface area contributed by atoms with Crippen molar-refractivity contribution in [1.29, 1.82) is 5.26 Å². The van der Waals surface area contributed by atoms with E-state index in [1.54, 1.807) is 24.3 Å². The van der Waals surface area contributed by atoms with Crippen LogP contribution in [0.25, 0.3) is 0 Å². The Bertz CT molecular complexity index is 652. The lowest BCUT2D eigenvalue weighted by Crippen LogP contribution is -1.97. The SMILES string of the molecule is N#Cc1ccc(OCc2cccc(Cl)c2Cl)cc1F. The van der Waals surface area contributed by atoms with E-state index >= 15 is 0 Å². The lowest BCUT2D eigenvalue weighted by atomic mass is 10.2. The molecule has 0 saturated carbocycles. The highest BCUT2D eigenvalue weighted by molar-refractivity contribution is 6.42. The van der Waals surface area contributed by atoms with Gasteiger partial charge in [0, 0.05) is 11.6 Å². The van der Waals surface area contributed by atoms with E-state index in [4.69, 9.17) is 33.2 Å². The number of nitrogens with zero attached hydrogens (tertiary/aromatic N) is 1. The van der Waals surface area contributed by atoms with Crippen LogP contribution in [0, 0.1) is 17.1 Å². The lowest BCUT2D eigenvalue weighted by Gasteiger charge is -2.09. The van der Waals surface area contributed by atoms with Gasteiger partial charge in [0.25, 0.3) is 0 Å². The largest absolute Gasteiger partial charge is 0.489 e. The molecule has 19 heavy (non-hydrogen) atoms. The predicted octanol–water partition coefficient (Wildman–Crippen LogP) is 4.58. The minimum atomic E-state index is -0.614. The second kappa shape index (κ2) is 5.92. The molecule has 0 aromatic heterocycles. The quantitative estimate of drug-likeness (QED) is 0.830. The van der Waals surface area contributed by atoms with E-state index < -0.39 is 5.82 Å². The van der Waals surface area contributed by atoms with E-state index in [0.29, 0.717) is 21.4 Å². The molecule has 0 radical (unpaired) electrons. The molecule has 0 amide bonds. The third-order valence-corrected chi connectivity index (χ3v) is 3.34. The number of halogens is 3. The van der Waals surface area contributed by atoms with Gasteiger partial charge in [-0.15, -0.1) is 0 Å². The summed E-state index contributed by atoms with van der Waals surface area (Å²) in [5, 5.41) is 9.47. The van der Waals surface area contributed by atoms with Gasteiger partial charge in [0.05, 0.1) is 15.6 Å². The molecule has 0 aliphatic rings. The number of ether oxygens (including phenoxy) is 1. The van der Waals surface area contributed by atoms with Gasteiger partial charge in [0.1, 0.15) is 24.2 Å². The molecule has 0 aliphatic carbocycles. The first-order valence-corrected chi connectivity index (χ1v) is 6.12. The Labute approximate surface area is 119 Å². The summed E-state index contributed by atoms with van der Waals surface area (Å²) in [6.07, 6.45) is 0. The molecule has 0 spiro atoms. The molecule has 0 aliphatic heterocycles. The Kier molecular flexibility index (Phi) is 4.26. The summed E-state index contributed by atoms with van der Waals surface area (Å²) < 4.78 is 18.8. The molecule has 0 unspecified atom stereocenters. The fourth-order valence-corrected chi connectivity index (χ4v) is 1.87. The van der Waals surface area contributed by atoms with E-state index in [1.807, 2.05) is 0 Å². The maximum Gasteiger partial charge on any atom is 0.144 e. The smallest absolute Gasteiger partial charge is 0.144 e. The number of benzene rings is 2. The van der Waals surface area contributed by atoms with Gasteiger partial charge in [0.15, 0.2) is 0 Å². The van der Waals surface area contributed by atoms with Gasteiger partial charge < -0.3 is 4.74 Å². The second-order valence-corrected chi connectivity index (χ2v) is 4.54. The summed E-state index contributed by atoms with van der Waals surface area (Å²) in [6, 6.07) is 11.0. The molecule has 0 bridgehead atoms. The van der Waals surface area contributed by atoms with Crippen molar-refractivity contribution in [2.75, 3.05) is 0 Å². The van der Waals surface area contributed by atoms with Gasteiger partial charge in [-0.05, 0) is 18.2 Å². The molecule has 5 heteroatoms. The van der Waals surface area contributed by atoms with Crippen molar-refractivity contribution in [2.45, 2.75) is 6.61 Å². The Morgan fingerprint density at radius 2 is 2.00 bits per heavy atom. The summed E-state index contributed by atoms with van der Waals surface area (Å²) >= 11 is 11.9. The van der Waals surface area contributed by atoms with Gasteiger partial charge >= 0.3 is 0 Å². The highest BCUT2D eigenvalue weighted by Crippen LogP contribution is 2.26. The molecule has 0 heterocycles. The van der Waals surface area contributed by atoms with Crippen molar-refractivity contribution >= 4 is 23.2 Å². The first kappa shape index (κ1) is 13.7. The van der Waals surface area contributed by atoms with E-state index in [-0.39, 0.29) is 12.2 Å². The molecule has 2 nitrogen and oxygen atoms in total. The van der Waals surface area contributed by atoms with Gasteiger partial charge in [0.2, 0.25) is 0 Å². The first-order chi connectivity index (χ1) is 9.11. The maximum absolute atomic E-state index is 13.4. The number of hydrogen-bond donors (Lipinski definition) is 0. The van der Waals surface area contributed by atoms with Crippen LogP contribution in [0.2, 0.25) is 10.0 Å². The summed E-state index contributed by atoms with van der Waals surface area (Å²) in [5.41, 5.74) is 0.687. The molecular formula is C14H8Cl2FNO. The summed E-state index contributed by atoms with van der Waals surface area (Å²) in [5.74, 6) is -0.287. The zero-order valence-corrected chi connectivity index (χ0v) is 11.2. The number of hydrogen-bond acceptors (Lipinski definition) is 2. The minimum absolute atomic E-state index is 0.0202. The molecule has 2 aromatic carbocycles. The Balaban J connectivity index is 2.13. The van der Waals surface area contributed by atoms with Crippen molar-refractivity contribution in [3.8, 4) is 11.8 Å². The van der Waals surface area contributed by atoms with Crippen LogP contribution < -0.4 is 4.74 Å². The van der Waals surface area contributed by atoms with Crippen LogP contribution in [-0.4, -0.2) is 0 Å². The van der Waals surface area contributed by atoms with Gasteiger partial charge in [-0.2, -0.15) is 5.26 Å². The third kappa shape index (κ3) is 3.17. The van der Waals surface area contributed by atoms with Gasteiger partial charge in [-0.3, -0.25) is 0 Å². The number of nitriles is 1. The van der Waals surface area contributed by atoms with Crippen molar-refractivity contribution in [1.82, 2.24) is 0 Å². The van der Waals surface area contributed by atoms with Crippen LogP contribution >= 0.6 is 23.2 Å². The second-order valence-electron chi connectivity index (χ2n) is 3.76. The third-order valence-electron chi connectivity index (χ3n) is 2.49. The molecule has 0 saturated heterocycles.